The summed E-state index contributed by atoms with van der Waals surface area (Å²) in [5, 5.41) is 8.99. The number of aryl methyl sites for hydroxylation is 1. The van der Waals surface area contributed by atoms with E-state index in [2.05, 4.69) is 0 Å². The molecule has 4 nitrogen and oxygen atoms in total. The lowest BCUT2D eigenvalue weighted by atomic mass is 9.91. The maximum absolute atomic E-state index is 12.0. The van der Waals surface area contributed by atoms with Gasteiger partial charge in [0.15, 0.2) is 0 Å². The number of rotatable bonds is 6. The van der Waals surface area contributed by atoms with Gasteiger partial charge in [-0.2, -0.15) is 0 Å². The Morgan fingerprint density at radius 2 is 2.35 bits per heavy atom. The standard InChI is InChI=1S/C13H19NO3/c15-9-8-14(11-3-1-4-11)13(16)7-6-12-5-2-10-17-12/h2,5,10-11,15H,1,3-4,6-9H2. The minimum absolute atomic E-state index is 0.0446. The SMILES string of the molecule is O=C(CCc1ccco1)N(CCO)C1CCC1. The van der Waals surface area contributed by atoms with Crippen LogP contribution in [-0.4, -0.2) is 35.1 Å². The number of nitrogens with zero attached hydrogens (tertiary/aromatic N) is 1. The van der Waals surface area contributed by atoms with E-state index in [4.69, 9.17) is 9.52 Å². The molecule has 1 aliphatic carbocycles. The lowest BCUT2D eigenvalue weighted by molar-refractivity contribution is -0.135. The largest absolute Gasteiger partial charge is 0.469 e. The second-order valence-corrected chi connectivity index (χ2v) is 4.47. The molecule has 0 aliphatic heterocycles. The maximum atomic E-state index is 12.0. The Bertz CT molecular complexity index is 344. The van der Waals surface area contributed by atoms with E-state index < -0.39 is 0 Å². The quantitative estimate of drug-likeness (QED) is 0.817. The number of aliphatic hydroxyl groups excluding tert-OH is 1. The third kappa shape index (κ3) is 3.09. The Kier molecular flexibility index (Phi) is 4.20. The van der Waals surface area contributed by atoms with Crippen LogP contribution in [-0.2, 0) is 11.2 Å². The minimum atomic E-state index is 0.0446. The van der Waals surface area contributed by atoms with Crippen LogP contribution in [0.4, 0.5) is 0 Å². The van der Waals surface area contributed by atoms with Crippen LogP contribution in [0.3, 0.4) is 0 Å². The van der Waals surface area contributed by atoms with E-state index in [-0.39, 0.29) is 12.5 Å². The van der Waals surface area contributed by atoms with Crippen LogP contribution in [0.25, 0.3) is 0 Å². The summed E-state index contributed by atoms with van der Waals surface area (Å²) in [4.78, 5) is 13.9. The summed E-state index contributed by atoms with van der Waals surface area (Å²) in [6, 6.07) is 4.07. The third-order valence-corrected chi connectivity index (χ3v) is 3.34. The minimum Gasteiger partial charge on any atom is -0.469 e. The zero-order valence-corrected chi connectivity index (χ0v) is 9.97. The molecule has 1 aromatic rings. The average molecular weight is 237 g/mol. The smallest absolute Gasteiger partial charge is 0.223 e. The van der Waals surface area contributed by atoms with Crippen molar-refractivity contribution in [3.8, 4) is 0 Å². The van der Waals surface area contributed by atoms with Crippen molar-refractivity contribution < 1.29 is 14.3 Å². The van der Waals surface area contributed by atoms with Gasteiger partial charge in [-0.05, 0) is 31.4 Å². The molecule has 1 amide bonds. The first kappa shape index (κ1) is 12.2. The number of hydrogen-bond donors (Lipinski definition) is 1. The molecule has 94 valence electrons. The van der Waals surface area contributed by atoms with E-state index in [0.717, 1.165) is 18.6 Å². The molecule has 0 aromatic carbocycles. The molecule has 0 unspecified atom stereocenters. The van der Waals surface area contributed by atoms with Gasteiger partial charge in [-0.25, -0.2) is 0 Å². The average Bonchev–Trinajstić information content (AvgIpc) is 2.75. The van der Waals surface area contributed by atoms with E-state index >= 15 is 0 Å². The number of amides is 1. The van der Waals surface area contributed by atoms with E-state index in [1.54, 1.807) is 6.26 Å². The van der Waals surface area contributed by atoms with Gasteiger partial charge in [-0.15, -0.1) is 0 Å². The van der Waals surface area contributed by atoms with Gasteiger partial charge in [-0.1, -0.05) is 0 Å². The molecule has 2 rings (SSSR count). The second-order valence-electron chi connectivity index (χ2n) is 4.47. The Morgan fingerprint density at radius 1 is 1.53 bits per heavy atom. The number of furan rings is 1. The van der Waals surface area contributed by atoms with Gasteiger partial charge in [-0.3, -0.25) is 4.79 Å². The van der Waals surface area contributed by atoms with Gasteiger partial charge in [0.2, 0.25) is 5.91 Å². The molecular weight excluding hydrogens is 218 g/mol. The number of carbonyl (C=O) groups is 1. The van der Waals surface area contributed by atoms with Crippen molar-refractivity contribution in [2.45, 2.75) is 38.1 Å². The van der Waals surface area contributed by atoms with Crippen LogP contribution >= 0.6 is 0 Å². The summed E-state index contributed by atoms with van der Waals surface area (Å²) in [7, 11) is 0. The highest BCUT2D eigenvalue weighted by Crippen LogP contribution is 2.25. The number of aliphatic hydroxyl groups is 1. The van der Waals surface area contributed by atoms with Crippen molar-refractivity contribution in [3.63, 3.8) is 0 Å². The number of hydrogen-bond acceptors (Lipinski definition) is 3. The molecule has 4 heteroatoms. The normalized spacial score (nSPS) is 15.6. The van der Waals surface area contributed by atoms with Crippen LogP contribution in [0, 0.1) is 0 Å². The molecule has 1 saturated carbocycles. The topological polar surface area (TPSA) is 53.7 Å². The summed E-state index contributed by atoms with van der Waals surface area (Å²) in [6.07, 6.45) is 6.07. The van der Waals surface area contributed by atoms with Crippen LogP contribution in [0.1, 0.15) is 31.4 Å². The molecule has 0 bridgehead atoms. The molecule has 1 fully saturated rings. The van der Waals surface area contributed by atoms with E-state index in [1.807, 2.05) is 17.0 Å². The fraction of sp³-hybridized carbons (Fsp3) is 0.615. The first-order valence-corrected chi connectivity index (χ1v) is 6.24. The molecule has 1 aromatic heterocycles. The molecule has 0 radical (unpaired) electrons. The summed E-state index contributed by atoms with van der Waals surface area (Å²) in [6.45, 7) is 0.505. The van der Waals surface area contributed by atoms with Crippen LogP contribution in [0.5, 0.6) is 0 Å². The Hall–Kier alpha value is -1.29. The highest BCUT2D eigenvalue weighted by Gasteiger charge is 2.27. The van der Waals surface area contributed by atoms with E-state index in [0.29, 0.717) is 25.4 Å². The molecule has 1 N–H and O–H groups in total. The van der Waals surface area contributed by atoms with Gasteiger partial charge in [0.05, 0.1) is 12.9 Å². The van der Waals surface area contributed by atoms with Crippen molar-refractivity contribution in [1.29, 1.82) is 0 Å². The Morgan fingerprint density at radius 3 is 2.88 bits per heavy atom. The van der Waals surface area contributed by atoms with Crippen molar-refractivity contribution in [3.05, 3.63) is 24.2 Å². The Balaban J connectivity index is 1.83. The van der Waals surface area contributed by atoms with E-state index in [1.165, 1.54) is 6.42 Å². The predicted molar refractivity (Wildman–Crippen MR) is 63.5 cm³/mol. The zero-order valence-electron chi connectivity index (χ0n) is 9.97. The predicted octanol–water partition coefficient (Wildman–Crippen LogP) is 1.59. The van der Waals surface area contributed by atoms with Gasteiger partial charge in [0, 0.05) is 25.4 Å². The van der Waals surface area contributed by atoms with Crippen molar-refractivity contribution in [1.82, 2.24) is 4.90 Å². The van der Waals surface area contributed by atoms with Crippen molar-refractivity contribution in [2.24, 2.45) is 0 Å². The van der Waals surface area contributed by atoms with Crippen LogP contribution in [0.15, 0.2) is 22.8 Å². The summed E-state index contributed by atoms with van der Waals surface area (Å²) >= 11 is 0. The first-order chi connectivity index (χ1) is 8.31. The van der Waals surface area contributed by atoms with Crippen LogP contribution < -0.4 is 0 Å². The van der Waals surface area contributed by atoms with Crippen LogP contribution in [0.2, 0.25) is 0 Å². The lowest BCUT2D eigenvalue weighted by Gasteiger charge is -2.37. The number of carbonyl (C=O) groups excluding carboxylic acids is 1. The van der Waals surface area contributed by atoms with Crippen molar-refractivity contribution in [2.75, 3.05) is 13.2 Å². The highest BCUT2D eigenvalue weighted by atomic mass is 16.3. The fourth-order valence-corrected chi connectivity index (χ4v) is 2.15. The van der Waals surface area contributed by atoms with E-state index in [9.17, 15) is 4.79 Å². The molecule has 0 atom stereocenters. The molecule has 1 aliphatic rings. The summed E-state index contributed by atoms with van der Waals surface area (Å²) in [5.74, 6) is 0.969. The molecular formula is C13H19NO3. The monoisotopic (exact) mass is 237 g/mol. The summed E-state index contributed by atoms with van der Waals surface area (Å²) < 4.78 is 5.20. The highest BCUT2D eigenvalue weighted by molar-refractivity contribution is 5.76. The van der Waals surface area contributed by atoms with Gasteiger partial charge in [0.1, 0.15) is 5.76 Å². The molecule has 17 heavy (non-hydrogen) atoms. The van der Waals surface area contributed by atoms with Gasteiger partial charge >= 0.3 is 0 Å². The molecule has 0 saturated heterocycles. The fourth-order valence-electron chi connectivity index (χ4n) is 2.15. The van der Waals surface area contributed by atoms with Crippen molar-refractivity contribution >= 4 is 5.91 Å². The first-order valence-electron chi connectivity index (χ1n) is 6.24. The third-order valence-electron chi connectivity index (χ3n) is 3.34. The Labute approximate surface area is 101 Å². The molecule has 1 heterocycles. The molecule has 0 spiro atoms. The van der Waals surface area contributed by atoms with Gasteiger partial charge in [0.25, 0.3) is 0 Å². The van der Waals surface area contributed by atoms with Gasteiger partial charge < -0.3 is 14.4 Å². The maximum Gasteiger partial charge on any atom is 0.223 e. The summed E-state index contributed by atoms with van der Waals surface area (Å²) in [5.41, 5.74) is 0. The lowest BCUT2D eigenvalue weighted by Crippen LogP contribution is -2.45. The second kappa shape index (κ2) is 5.87. The zero-order chi connectivity index (χ0) is 12.1.